The lowest BCUT2D eigenvalue weighted by molar-refractivity contribution is 0.261. The van der Waals surface area contributed by atoms with Crippen LogP contribution in [0.5, 0.6) is 0 Å². The van der Waals surface area contributed by atoms with Gasteiger partial charge in [-0.3, -0.25) is 4.55 Å². The Labute approximate surface area is 106 Å². The summed E-state index contributed by atoms with van der Waals surface area (Å²) < 4.78 is 33.0. The summed E-state index contributed by atoms with van der Waals surface area (Å²) in [4.78, 5) is 0. The molecule has 17 heavy (non-hydrogen) atoms. The van der Waals surface area contributed by atoms with Crippen molar-refractivity contribution in [2.45, 2.75) is 65.2 Å². The van der Waals surface area contributed by atoms with Gasteiger partial charge in [-0.15, -0.1) is 0 Å². The fraction of sp³-hybridized carbons (Fsp3) is 1.00. The maximum Gasteiger partial charge on any atom is 0.397 e. The normalized spacial score (nSPS) is 13.8. The molecule has 0 rings (SSSR count). The molecule has 0 heterocycles. The van der Waals surface area contributed by atoms with E-state index in [1.165, 1.54) is 32.1 Å². The number of unbranched alkanes of at least 4 members (excludes halogenated alkanes) is 5. The van der Waals surface area contributed by atoms with Gasteiger partial charge in [0.2, 0.25) is 0 Å². The smallest absolute Gasteiger partial charge is 0.264 e. The van der Waals surface area contributed by atoms with Gasteiger partial charge in [-0.2, -0.15) is 8.42 Å². The molecule has 0 amide bonds. The number of rotatable bonds is 11. The van der Waals surface area contributed by atoms with E-state index < -0.39 is 10.4 Å². The molecule has 0 aliphatic heterocycles. The highest BCUT2D eigenvalue weighted by molar-refractivity contribution is 7.80. The zero-order valence-corrected chi connectivity index (χ0v) is 11.8. The van der Waals surface area contributed by atoms with Crippen LogP contribution in [0.3, 0.4) is 0 Å². The van der Waals surface area contributed by atoms with Crippen LogP contribution in [0, 0.1) is 5.92 Å². The molecule has 0 spiro atoms. The average Bonchev–Trinajstić information content (AvgIpc) is 2.25. The van der Waals surface area contributed by atoms with Gasteiger partial charge in [-0.1, -0.05) is 58.8 Å². The van der Waals surface area contributed by atoms with Crippen LogP contribution in [0.2, 0.25) is 0 Å². The van der Waals surface area contributed by atoms with Crippen molar-refractivity contribution >= 4 is 10.4 Å². The molecule has 1 atom stereocenters. The Morgan fingerprint density at radius 1 is 1.06 bits per heavy atom. The molecule has 104 valence electrons. The summed E-state index contributed by atoms with van der Waals surface area (Å²) in [6, 6.07) is 0. The molecular weight excluding hydrogens is 240 g/mol. The molecule has 0 aromatic rings. The van der Waals surface area contributed by atoms with Gasteiger partial charge in [0.05, 0.1) is 6.61 Å². The van der Waals surface area contributed by atoms with Crippen LogP contribution in [0.4, 0.5) is 0 Å². The molecule has 0 aromatic carbocycles. The molecule has 0 aliphatic carbocycles. The van der Waals surface area contributed by atoms with Gasteiger partial charge in [0.15, 0.2) is 0 Å². The van der Waals surface area contributed by atoms with Crippen molar-refractivity contribution in [1.82, 2.24) is 0 Å². The van der Waals surface area contributed by atoms with Crippen LogP contribution in [0.1, 0.15) is 65.2 Å². The molecule has 0 saturated heterocycles. The molecular formula is C12H26O4S. The lowest BCUT2D eigenvalue weighted by Crippen LogP contribution is -2.04. The summed E-state index contributed by atoms with van der Waals surface area (Å²) in [5.41, 5.74) is 0. The van der Waals surface area contributed by atoms with E-state index in [-0.39, 0.29) is 6.61 Å². The zero-order valence-electron chi connectivity index (χ0n) is 11.0. The maximum atomic E-state index is 10.2. The highest BCUT2D eigenvalue weighted by Gasteiger charge is 2.02. The summed E-state index contributed by atoms with van der Waals surface area (Å²) in [5.74, 6) is 0.832. The van der Waals surface area contributed by atoms with E-state index in [0.717, 1.165) is 18.8 Å². The fourth-order valence-electron chi connectivity index (χ4n) is 1.67. The Hall–Kier alpha value is -0.130. The largest absolute Gasteiger partial charge is 0.397 e. The third-order valence-electron chi connectivity index (χ3n) is 3.02. The van der Waals surface area contributed by atoms with Crippen LogP contribution in [0.25, 0.3) is 0 Å². The number of hydrogen-bond donors (Lipinski definition) is 1. The molecule has 0 saturated carbocycles. The first-order valence-corrected chi connectivity index (χ1v) is 7.94. The standard InChI is InChI=1S/C12H26O4S/c1-3-12(2)10-8-6-4-5-7-9-11-16-17(13,14)15/h12H,3-11H2,1-2H3,(H,13,14,15). The lowest BCUT2D eigenvalue weighted by Gasteiger charge is -2.07. The summed E-state index contributed by atoms with van der Waals surface area (Å²) in [6.45, 7) is 4.60. The van der Waals surface area contributed by atoms with Crippen molar-refractivity contribution in [2.75, 3.05) is 6.61 Å². The number of hydrogen-bond acceptors (Lipinski definition) is 3. The summed E-state index contributed by atoms with van der Waals surface area (Å²) >= 11 is 0. The Kier molecular flexibility index (Phi) is 9.78. The predicted molar refractivity (Wildman–Crippen MR) is 69.3 cm³/mol. The van der Waals surface area contributed by atoms with Crippen LogP contribution in [0.15, 0.2) is 0 Å². The topological polar surface area (TPSA) is 63.6 Å². The fourth-order valence-corrected chi connectivity index (χ4v) is 2.00. The Morgan fingerprint density at radius 2 is 1.59 bits per heavy atom. The van der Waals surface area contributed by atoms with Crippen LogP contribution < -0.4 is 0 Å². The second-order valence-electron chi connectivity index (χ2n) is 4.67. The highest BCUT2D eigenvalue weighted by atomic mass is 32.3. The summed E-state index contributed by atoms with van der Waals surface area (Å²) in [5, 5.41) is 0. The van der Waals surface area contributed by atoms with Gasteiger partial charge >= 0.3 is 10.4 Å². The molecule has 4 nitrogen and oxygen atoms in total. The zero-order chi connectivity index (χ0) is 13.1. The minimum Gasteiger partial charge on any atom is -0.264 e. The van der Waals surface area contributed by atoms with Crippen molar-refractivity contribution in [3.05, 3.63) is 0 Å². The first-order chi connectivity index (χ1) is 7.95. The predicted octanol–water partition coefficient (Wildman–Crippen LogP) is 3.58. The van der Waals surface area contributed by atoms with Crippen molar-refractivity contribution in [3.8, 4) is 0 Å². The molecule has 1 N–H and O–H groups in total. The Bertz CT molecular complexity index is 262. The lowest BCUT2D eigenvalue weighted by atomic mass is 10.00. The third-order valence-corrected chi connectivity index (χ3v) is 3.48. The maximum absolute atomic E-state index is 10.2. The van der Waals surface area contributed by atoms with Gasteiger partial charge in [0.25, 0.3) is 0 Å². The van der Waals surface area contributed by atoms with E-state index in [0.29, 0.717) is 6.42 Å². The van der Waals surface area contributed by atoms with Crippen LogP contribution >= 0.6 is 0 Å². The minimum absolute atomic E-state index is 0.0890. The van der Waals surface area contributed by atoms with Crippen molar-refractivity contribution in [3.63, 3.8) is 0 Å². The van der Waals surface area contributed by atoms with Crippen LogP contribution in [-0.4, -0.2) is 19.6 Å². The summed E-state index contributed by atoms with van der Waals surface area (Å²) in [7, 11) is -4.24. The van der Waals surface area contributed by atoms with E-state index in [9.17, 15) is 8.42 Å². The van der Waals surface area contributed by atoms with Gasteiger partial charge in [0, 0.05) is 0 Å². The van der Waals surface area contributed by atoms with E-state index >= 15 is 0 Å². The quantitative estimate of drug-likeness (QED) is 0.458. The van der Waals surface area contributed by atoms with E-state index in [4.69, 9.17) is 4.55 Å². The van der Waals surface area contributed by atoms with Gasteiger partial charge in [-0.05, 0) is 12.3 Å². The molecule has 5 heteroatoms. The van der Waals surface area contributed by atoms with E-state index in [1.807, 2.05) is 0 Å². The molecule has 0 aliphatic rings. The van der Waals surface area contributed by atoms with Crippen LogP contribution in [-0.2, 0) is 14.6 Å². The van der Waals surface area contributed by atoms with Gasteiger partial charge in [-0.25, -0.2) is 4.18 Å². The molecule has 0 aromatic heterocycles. The first-order valence-electron chi connectivity index (χ1n) is 6.57. The first kappa shape index (κ1) is 16.9. The third kappa shape index (κ3) is 13.8. The van der Waals surface area contributed by atoms with Crippen molar-refractivity contribution < 1.29 is 17.2 Å². The Balaban J connectivity index is 3.14. The second kappa shape index (κ2) is 9.85. The highest BCUT2D eigenvalue weighted by Crippen LogP contribution is 2.14. The van der Waals surface area contributed by atoms with Crippen molar-refractivity contribution in [2.24, 2.45) is 5.92 Å². The van der Waals surface area contributed by atoms with Gasteiger partial charge in [0.1, 0.15) is 0 Å². The molecule has 0 bridgehead atoms. The Morgan fingerprint density at radius 3 is 2.12 bits per heavy atom. The molecule has 0 radical (unpaired) electrons. The summed E-state index contributed by atoms with van der Waals surface area (Å²) in [6.07, 6.45) is 9.05. The van der Waals surface area contributed by atoms with Crippen molar-refractivity contribution in [1.29, 1.82) is 0 Å². The molecule has 0 fully saturated rings. The monoisotopic (exact) mass is 266 g/mol. The second-order valence-corrected chi connectivity index (χ2v) is 5.76. The van der Waals surface area contributed by atoms with E-state index in [1.54, 1.807) is 0 Å². The molecule has 1 unspecified atom stereocenters. The SMILES string of the molecule is CCC(C)CCCCCCCCOS(=O)(=O)O. The van der Waals surface area contributed by atoms with E-state index in [2.05, 4.69) is 18.0 Å². The minimum atomic E-state index is -4.24. The van der Waals surface area contributed by atoms with Gasteiger partial charge < -0.3 is 0 Å². The average molecular weight is 266 g/mol.